The number of benzene rings is 1. The van der Waals surface area contributed by atoms with E-state index in [0.717, 1.165) is 31.0 Å². The molecule has 2 amide bonds. The molecule has 0 aliphatic carbocycles. The molecule has 0 atom stereocenters. The van der Waals surface area contributed by atoms with Crippen molar-refractivity contribution in [3.63, 3.8) is 0 Å². The van der Waals surface area contributed by atoms with Gasteiger partial charge in [0.1, 0.15) is 5.82 Å². The highest BCUT2D eigenvalue weighted by Crippen LogP contribution is 2.14. The van der Waals surface area contributed by atoms with E-state index in [1.807, 2.05) is 0 Å². The summed E-state index contributed by atoms with van der Waals surface area (Å²) in [5.41, 5.74) is 0.444. The number of hydrogen-bond donors (Lipinski definition) is 2. The van der Waals surface area contributed by atoms with Crippen LogP contribution in [-0.4, -0.2) is 53.1 Å². The van der Waals surface area contributed by atoms with Gasteiger partial charge in [-0.15, -0.1) is 10.2 Å². The smallest absolute Gasteiger partial charge is 0.286 e. The van der Waals surface area contributed by atoms with Gasteiger partial charge in [0.05, 0.1) is 0 Å². The van der Waals surface area contributed by atoms with E-state index in [4.69, 9.17) is 0 Å². The first-order valence-electron chi connectivity index (χ1n) is 9.03. The van der Waals surface area contributed by atoms with Crippen LogP contribution in [0.2, 0.25) is 0 Å². The summed E-state index contributed by atoms with van der Waals surface area (Å²) in [6.07, 6.45) is 4.96. The fraction of sp³-hybridized carbons (Fsp3) is 0.444. The Morgan fingerprint density at radius 3 is 2.30 bits per heavy atom. The summed E-state index contributed by atoms with van der Waals surface area (Å²) >= 11 is 0.927. The Bertz CT molecular complexity index is 772. The molecular formula is C18H22FN5O2S. The van der Waals surface area contributed by atoms with Gasteiger partial charge in [0.2, 0.25) is 10.0 Å². The number of anilines is 1. The van der Waals surface area contributed by atoms with Crippen molar-refractivity contribution in [2.45, 2.75) is 25.7 Å². The van der Waals surface area contributed by atoms with Crippen LogP contribution in [0.3, 0.4) is 0 Å². The first-order chi connectivity index (χ1) is 13.1. The van der Waals surface area contributed by atoms with Crippen molar-refractivity contribution < 1.29 is 14.0 Å². The van der Waals surface area contributed by atoms with E-state index >= 15 is 0 Å². The largest absolute Gasteiger partial charge is 0.349 e. The predicted octanol–water partition coefficient (Wildman–Crippen LogP) is 2.54. The van der Waals surface area contributed by atoms with E-state index in [-0.39, 0.29) is 21.7 Å². The Balaban J connectivity index is 1.47. The number of nitrogens with zero attached hydrogens (tertiary/aromatic N) is 3. The maximum Gasteiger partial charge on any atom is 0.286 e. The second kappa shape index (κ2) is 9.52. The number of likely N-dealkylation sites (tertiary alicyclic amines) is 1. The fourth-order valence-electron chi connectivity index (χ4n) is 2.89. The Morgan fingerprint density at radius 1 is 1.00 bits per heavy atom. The molecule has 27 heavy (non-hydrogen) atoms. The monoisotopic (exact) mass is 391 g/mol. The summed E-state index contributed by atoms with van der Waals surface area (Å²) in [6, 6.07) is 5.40. The number of hydrogen-bond acceptors (Lipinski definition) is 6. The van der Waals surface area contributed by atoms with Crippen LogP contribution in [0.4, 0.5) is 10.1 Å². The van der Waals surface area contributed by atoms with Crippen molar-refractivity contribution in [1.82, 2.24) is 20.4 Å². The van der Waals surface area contributed by atoms with Gasteiger partial charge in [0.25, 0.3) is 11.8 Å². The maximum atomic E-state index is 12.9. The highest BCUT2D eigenvalue weighted by Gasteiger charge is 2.18. The molecule has 0 radical (unpaired) electrons. The lowest BCUT2D eigenvalue weighted by Crippen LogP contribution is -2.35. The Labute approximate surface area is 161 Å². The summed E-state index contributed by atoms with van der Waals surface area (Å²) in [5, 5.41) is 13.2. The van der Waals surface area contributed by atoms with Gasteiger partial charge >= 0.3 is 0 Å². The minimum absolute atomic E-state index is 0.0805. The number of rotatable bonds is 6. The van der Waals surface area contributed by atoms with Gasteiger partial charge in [-0.25, -0.2) is 4.39 Å². The molecule has 2 aromatic rings. The molecule has 2 N–H and O–H groups in total. The number of carbonyl (C=O) groups excluding carboxylic acids is 2. The number of aromatic nitrogens is 2. The van der Waals surface area contributed by atoms with Crippen molar-refractivity contribution in [1.29, 1.82) is 0 Å². The standard InChI is InChI=1S/C18H22FN5O2S/c19-13-5-7-14(8-6-13)21-16(26)18-23-22-17(27-18)15(25)20-9-12-24-10-3-1-2-4-11-24/h5-8H,1-4,9-12H2,(H,20,25)(H,21,26). The Kier molecular flexibility index (Phi) is 6.83. The van der Waals surface area contributed by atoms with Gasteiger partial charge < -0.3 is 15.5 Å². The van der Waals surface area contributed by atoms with E-state index in [9.17, 15) is 14.0 Å². The van der Waals surface area contributed by atoms with Gasteiger partial charge in [0, 0.05) is 18.8 Å². The fourth-order valence-corrected chi connectivity index (χ4v) is 3.54. The molecule has 9 heteroatoms. The highest BCUT2D eigenvalue weighted by molar-refractivity contribution is 7.15. The number of amides is 2. The SMILES string of the molecule is O=C(NCCN1CCCCCC1)c1nnc(C(=O)Nc2ccc(F)cc2)s1. The molecule has 1 aromatic heterocycles. The molecule has 0 bridgehead atoms. The van der Waals surface area contributed by atoms with Crippen LogP contribution in [0.25, 0.3) is 0 Å². The Hall–Kier alpha value is -2.39. The third-order valence-electron chi connectivity index (χ3n) is 4.33. The molecule has 0 spiro atoms. The predicted molar refractivity (Wildman–Crippen MR) is 102 cm³/mol. The molecule has 0 saturated carbocycles. The molecule has 1 aromatic carbocycles. The summed E-state index contributed by atoms with van der Waals surface area (Å²) < 4.78 is 12.9. The van der Waals surface area contributed by atoms with Gasteiger partial charge in [-0.3, -0.25) is 9.59 Å². The highest BCUT2D eigenvalue weighted by atomic mass is 32.1. The van der Waals surface area contributed by atoms with Crippen LogP contribution < -0.4 is 10.6 Å². The minimum atomic E-state index is -0.484. The van der Waals surface area contributed by atoms with Crippen molar-refractivity contribution in [2.75, 3.05) is 31.5 Å². The lowest BCUT2D eigenvalue weighted by Gasteiger charge is -2.19. The second-order valence-electron chi connectivity index (χ2n) is 6.39. The quantitative estimate of drug-likeness (QED) is 0.790. The van der Waals surface area contributed by atoms with E-state index in [1.165, 1.54) is 49.9 Å². The maximum absolute atomic E-state index is 12.9. The third-order valence-corrected chi connectivity index (χ3v) is 5.25. The van der Waals surface area contributed by atoms with Crippen molar-refractivity contribution >= 4 is 28.8 Å². The van der Waals surface area contributed by atoms with E-state index in [2.05, 4.69) is 25.7 Å². The van der Waals surface area contributed by atoms with Crippen LogP contribution in [0.15, 0.2) is 24.3 Å². The summed E-state index contributed by atoms with van der Waals surface area (Å²) in [4.78, 5) is 26.7. The second-order valence-corrected chi connectivity index (χ2v) is 7.36. The minimum Gasteiger partial charge on any atom is -0.349 e. The summed E-state index contributed by atoms with van der Waals surface area (Å²) in [6.45, 7) is 3.49. The van der Waals surface area contributed by atoms with Crippen molar-refractivity contribution in [2.24, 2.45) is 0 Å². The number of nitrogens with one attached hydrogen (secondary N) is 2. The van der Waals surface area contributed by atoms with Crippen LogP contribution in [-0.2, 0) is 0 Å². The molecule has 3 rings (SSSR count). The molecule has 1 saturated heterocycles. The van der Waals surface area contributed by atoms with E-state index in [1.54, 1.807) is 0 Å². The van der Waals surface area contributed by atoms with Crippen LogP contribution in [0.1, 0.15) is 45.3 Å². The molecule has 144 valence electrons. The molecule has 1 aliphatic heterocycles. The zero-order chi connectivity index (χ0) is 19.1. The van der Waals surface area contributed by atoms with Gasteiger partial charge in [-0.1, -0.05) is 24.2 Å². The molecular weight excluding hydrogens is 369 g/mol. The Morgan fingerprint density at radius 2 is 1.63 bits per heavy atom. The number of halogens is 1. The van der Waals surface area contributed by atoms with Crippen LogP contribution in [0.5, 0.6) is 0 Å². The van der Waals surface area contributed by atoms with Crippen LogP contribution in [0, 0.1) is 5.82 Å². The number of carbonyl (C=O) groups is 2. The van der Waals surface area contributed by atoms with Crippen molar-refractivity contribution in [3.05, 3.63) is 40.1 Å². The molecule has 1 fully saturated rings. The topological polar surface area (TPSA) is 87.2 Å². The van der Waals surface area contributed by atoms with Crippen molar-refractivity contribution in [3.8, 4) is 0 Å². The molecule has 0 unspecified atom stereocenters. The average Bonchev–Trinajstić information content (AvgIpc) is 3.02. The first kappa shape index (κ1) is 19.4. The van der Waals surface area contributed by atoms with Gasteiger partial charge in [-0.2, -0.15) is 0 Å². The van der Waals surface area contributed by atoms with Crippen LogP contribution >= 0.6 is 11.3 Å². The van der Waals surface area contributed by atoms with E-state index in [0.29, 0.717) is 12.2 Å². The zero-order valence-electron chi connectivity index (χ0n) is 14.9. The lowest BCUT2D eigenvalue weighted by molar-refractivity contribution is 0.0946. The molecule has 1 aliphatic rings. The molecule has 2 heterocycles. The molecule has 7 nitrogen and oxygen atoms in total. The third kappa shape index (κ3) is 5.80. The van der Waals surface area contributed by atoms with Gasteiger partial charge in [-0.05, 0) is 50.2 Å². The summed E-state index contributed by atoms with van der Waals surface area (Å²) in [7, 11) is 0. The zero-order valence-corrected chi connectivity index (χ0v) is 15.7. The van der Waals surface area contributed by atoms with E-state index < -0.39 is 5.91 Å². The lowest BCUT2D eigenvalue weighted by atomic mass is 10.2. The van der Waals surface area contributed by atoms with Gasteiger partial charge in [0.15, 0.2) is 0 Å². The average molecular weight is 391 g/mol. The summed E-state index contributed by atoms with van der Waals surface area (Å²) in [5.74, 6) is -1.20. The normalized spacial score (nSPS) is 15.1. The first-order valence-corrected chi connectivity index (χ1v) is 9.84.